The summed E-state index contributed by atoms with van der Waals surface area (Å²) in [6.45, 7) is 16.6. The molecule has 0 unspecified atom stereocenters. The molecule has 0 bridgehead atoms. The van der Waals surface area contributed by atoms with Gasteiger partial charge in [-0.2, -0.15) is 16.8 Å². The number of likely N-dealkylation sites (N-methyl/N-ethyl adjacent to an activating group) is 1. The molecule has 0 fully saturated rings. The van der Waals surface area contributed by atoms with Crippen molar-refractivity contribution in [2.45, 2.75) is 75.7 Å². The van der Waals surface area contributed by atoms with Crippen LogP contribution in [0.1, 0.15) is 104 Å². The number of ketones is 7. The molecule has 3 N–H and O–H groups in total. The van der Waals surface area contributed by atoms with E-state index < -0.39 is 56.2 Å². The van der Waals surface area contributed by atoms with Crippen molar-refractivity contribution in [1.29, 1.82) is 0 Å². The molecule has 0 saturated carbocycles. The average molecular weight is 1620 g/mol. The van der Waals surface area contributed by atoms with Crippen LogP contribution >= 0.6 is 132 Å². The van der Waals surface area contributed by atoms with E-state index >= 15 is 0 Å². The van der Waals surface area contributed by atoms with Crippen molar-refractivity contribution in [2.24, 2.45) is 8.80 Å². The number of nitrogens with one attached hydrogen (secondary N) is 1. The predicted molar refractivity (Wildman–Crippen MR) is 361 cm³/mol. The second kappa shape index (κ2) is 35.9. The van der Waals surface area contributed by atoms with Gasteiger partial charge in [0, 0.05) is 75.8 Å². The van der Waals surface area contributed by atoms with Crippen LogP contribution in [0.3, 0.4) is 0 Å². The molecule has 7 heterocycles. The number of allylic oxidation sites excluding steroid dienone is 3. The summed E-state index contributed by atoms with van der Waals surface area (Å²) in [5.41, 5.74) is 6.47. The highest BCUT2D eigenvalue weighted by Gasteiger charge is 2.29. The van der Waals surface area contributed by atoms with E-state index in [-0.39, 0.29) is 45.3 Å². The zero-order chi connectivity index (χ0) is 67.5. The number of halogens is 6. The number of benzene rings is 1. The van der Waals surface area contributed by atoms with E-state index in [4.69, 9.17) is 17.3 Å². The quantitative estimate of drug-likeness (QED) is 0.0400. The van der Waals surface area contributed by atoms with Gasteiger partial charge in [0.15, 0.2) is 28.9 Å². The van der Waals surface area contributed by atoms with Crippen molar-refractivity contribution in [3.8, 4) is 0 Å². The van der Waals surface area contributed by atoms with Crippen LogP contribution in [0.2, 0.25) is 5.02 Å². The molecule has 1 aromatic carbocycles. The summed E-state index contributed by atoms with van der Waals surface area (Å²) in [6.07, 6.45) is 2.50. The number of hydrogen-bond donors (Lipinski definition) is 2. The zero-order valence-corrected chi connectivity index (χ0v) is 61.5. The third kappa shape index (κ3) is 25.5. The Balaban J connectivity index is 0.000000360. The van der Waals surface area contributed by atoms with Crippen molar-refractivity contribution in [3.05, 3.63) is 150 Å². The summed E-state index contributed by atoms with van der Waals surface area (Å²) in [5.74, 6) is -4.37. The number of aryl methyl sites for hydroxylation is 5. The number of ether oxygens (including phenoxy) is 2. The number of nitrogens with zero attached hydrogens (tertiary/aromatic N) is 3. The molecular formula is C55H55Br4ClFN5O15S7. The first-order valence-electron chi connectivity index (χ1n) is 24.4. The monoisotopic (exact) mass is 1620 g/mol. The van der Waals surface area contributed by atoms with E-state index in [1.165, 1.54) is 109 Å². The number of anilines is 1. The van der Waals surface area contributed by atoms with Gasteiger partial charge in [0.1, 0.15) is 11.5 Å². The number of methoxy groups -OCH3 is 2. The highest BCUT2D eigenvalue weighted by Crippen LogP contribution is 2.33. The van der Waals surface area contributed by atoms with Crippen molar-refractivity contribution >= 4 is 228 Å². The van der Waals surface area contributed by atoms with E-state index in [9.17, 15) is 64.4 Å². The highest BCUT2D eigenvalue weighted by molar-refractivity contribution is 9.11. The molecule has 0 radical (unpaired) electrons. The summed E-state index contributed by atoms with van der Waals surface area (Å²) in [5, 5.41) is 0.0648. The topological polar surface area (TPSA) is 306 Å². The lowest BCUT2D eigenvalue weighted by Gasteiger charge is -2.22. The number of nitrogen functional groups attached to an aromatic ring is 1. The standard InChI is InChI=1S/C11H11BrN2O3S2.C10H9BrN2O3S2.C10H9BrO4S.C7H7BrOS.C7H8OS.C6H5ClFN.C4H6O3/c1-6(15)10-5-9(13-19(16,17)14(10)3)11-4-8(12)7(2)18-11;1-5(14)8-4-9(13-18(15,16)12-8)10-3-7(11)6(2)17-10;1-5-6(11)3-9(16-5)7(12)4-8(13)10(14)15-2;1-4(9)7-3-6(8)5(2)10-7;1-5-3-4-7(9-5)6(2)8;7-5-3-4(9)1-2-6(5)8;1-3(5)4(6)7-2/h4-5H,1-3H3;3-4,13H,1-2H3;3H,4H2,1-2H3;3H,1-2H3;3-4H,1-2H3;1-3H,9H2;1-2H3. The number of nitrogens with two attached hydrogens (primary N) is 1. The lowest BCUT2D eigenvalue weighted by Crippen LogP contribution is -2.32. The Labute approximate surface area is 566 Å². The second-order valence-electron chi connectivity index (χ2n) is 17.5. The number of carbonyl (C=O) groups is 9. The first-order valence-corrected chi connectivity index (χ1v) is 34.9. The molecule has 0 amide bonds. The predicted octanol–water partition coefficient (Wildman–Crippen LogP) is 13.5. The van der Waals surface area contributed by atoms with Gasteiger partial charge in [0.25, 0.3) is 0 Å². The largest absolute Gasteiger partial charge is 0.463 e. The van der Waals surface area contributed by atoms with Crippen LogP contribution in [0, 0.1) is 40.4 Å². The molecule has 474 valence electrons. The minimum absolute atomic E-state index is 0.0640. The number of carbonyl (C=O) groups excluding carboxylic acids is 9. The fourth-order valence-electron chi connectivity index (χ4n) is 5.88. The molecule has 20 nitrogen and oxygen atoms in total. The summed E-state index contributed by atoms with van der Waals surface area (Å²) in [7, 11) is -4.07. The SMILES string of the molecule is CC(=O)C1=CC(c2cc(Br)c(C)s2)=NS(=O)(=O)N1C.CC(=O)C1=NS(=O)(=O)NC(c2cc(Br)c(C)s2)=C1.CC(=O)c1cc(Br)c(C)s1.CC(=O)c1ccc(C)s1.COC(=O)C(=O)CC(=O)c1cc(Br)c(C)s1.COC(=O)C(C)=O.Nc1ccc(F)c(Cl)c1. The van der Waals surface area contributed by atoms with E-state index in [0.717, 1.165) is 70.4 Å². The lowest BCUT2D eigenvalue weighted by molar-refractivity contribution is -0.151. The van der Waals surface area contributed by atoms with Crippen LogP contribution in [0.5, 0.6) is 0 Å². The number of esters is 2. The smallest absolute Gasteiger partial charge is 0.374 e. The fraction of sp³-hybridized carbons (Fsp3) is 0.255. The Morgan fingerprint density at radius 1 is 0.614 bits per heavy atom. The normalized spacial score (nSPS) is 13.0. The maximum absolute atomic E-state index is 12.3. The average Bonchev–Trinajstić information content (AvgIpc) is 3.80. The van der Waals surface area contributed by atoms with Gasteiger partial charge in [0.2, 0.25) is 11.6 Å². The molecule has 88 heavy (non-hydrogen) atoms. The maximum Gasteiger partial charge on any atom is 0.374 e. The molecule has 2 aliphatic heterocycles. The number of Topliss-reactive ketones (excluding diaryl/α,β-unsaturated/α-hetero) is 7. The van der Waals surface area contributed by atoms with Crippen LogP contribution in [-0.2, 0) is 58.7 Å². The Bertz CT molecular complexity index is 3950. The fourth-order valence-corrected chi connectivity index (χ4v) is 14.7. The van der Waals surface area contributed by atoms with Crippen molar-refractivity contribution in [3.63, 3.8) is 0 Å². The van der Waals surface area contributed by atoms with Gasteiger partial charge in [0.05, 0.1) is 67.2 Å². The summed E-state index contributed by atoms with van der Waals surface area (Å²) in [6, 6.07) is 15.0. The Morgan fingerprint density at radius 3 is 1.45 bits per heavy atom. The van der Waals surface area contributed by atoms with Crippen molar-refractivity contribution in [1.82, 2.24) is 9.03 Å². The minimum atomic E-state index is -3.84. The molecular weight excluding hydrogens is 1570 g/mol. The molecule has 8 rings (SSSR count). The van der Waals surface area contributed by atoms with Gasteiger partial charge in [-0.05, 0) is 179 Å². The highest BCUT2D eigenvalue weighted by atomic mass is 79.9. The zero-order valence-electron chi connectivity index (χ0n) is 48.7. The maximum atomic E-state index is 12.3. The van der Waals surface area contributed by atoms with Crippen LogP contribution in [0.25, 0.3) is 5.70 Å². The van der Waals surface area contributed by atoms with Crippen molar-refractivity contribution < 1.29 is 73.9 Å². The van der Waals surface area contributed by atoms with Gasteiger partial charge in [-0.15, -0.1) is 65.5 Å². The van der Waals surface area contributed by atoms with E-state index in [2.05, 4.69) is 86.7 Å². The Hall–Kier alpha value is -5.39. The second-order valence-corrected chi connectivity index (χ2v) is 30.6. The van der Waals surface area contributed by atoms with E-state index in [1.807, 2.05) is 52.8 Å². The molecule has 0 spiro atoms. The molecule has 0 aliphatic carbocycles. The van der Waals surface area contributed by atoms with E-state index in [0.29, 0.717) is 26.9 Å². The van der Waals surface area contributed by atoms with E-state index in [1.54, 1.807) is 43.4 Å². The molecule has 2 aliphatic rings. The number of thiophene rings is 5. The summed E-state index contributed by atoms with van der Waals surface area (Å²) < 4.78 is 81.4. The first kappa shape index (κ1) is 78.7. The molecule has 0 saturated heterocycles. The van der Waals surface area contributed by atoms with Gasteiger partial charge in [-0.1, -0.05) is 11.6 Å². The van der Waals surface area contributed by atoms with Gasteiger partial charge >= 0.3 is 32.4 Å². The number of rotatable bonds is 11. The van der Waals surface area contributed by atoms with Crippen molar-refractivity contribution in [2.75, 3.05) is 27.0 Å². The number of hydrogen-bond acceptors (Lipinski definition) is 21. The van der Waals surface area contributed by atoms with Gasteiger partial charge in [-0.25, -0.2) is 14.0 Å². The minimum Gasteiger partial charge on any atom is -0.463 e. The molecule has 33 heteroatoms. The van der Waals surface area contributed by atoms with Crippen LogP contribution in [0.15, 0.2) is 99.1 Å². The van der Waals surface area contributed by atoms with Crippen LogP contribution < -0.4 is 10.5 Å². The Kier molecular flexibility index (Phi) is 32.1. The van der Waals surface area contributed by atoms with Gasteiger partial charge < -0.3 is 15.2 Å². The first-order chi connectivity index (χ1) is 40.6. The van der Waals surface area contributed by atoms with Gasteiger partial charge in [-0.3, -0.25) is 42.6 Å². The lowest BCUT2D eigenvalue weighted by atomic mass is 10.2. The van der Waals surface area contributed by atoms with Crippen LogP contribution in [-0.4, -0.2) is 106 Å². The summed E-state index contributed by atoms with van der Waals surface area (Å²) in [4.78, 5) is 107. The van der Waals surface area contributed by atoms with Crippen LogP contribution in [0.4, 0.5) is 10.1 Å². The molecule has 6 aromatic rings. The third-order valence-corrected chi connectivity index (χ3v) is 22.8. The third-order valence-electron chi connectivity index (χ3n) is 10.4. The Morgan fingerprint density at radius 2 is 1.10 bits per heavy atom. The molecule has 5 aromatic heterocycles. The summed E-state index contributed by atoms with van der Waals surface area (Å²) >= 11 is 25.9. The molecule has 0 atom stereocenters.